The van der Waals surface area contributed by atoms with Crippen LogP contribution in [0.5, 0.6) is 0 Å². The van der Waals surface area contributed by atoms with E-state index in [0.717, 1.165) is 31.2 Å². The van der Waals surface area contributed by atoms with Crippen LogP contribution in [0.25, 0.3) is 0 Å². The Kier molecular flexibility index (Phi) is 8.85. The van der Waals surface area contributed by atoms with E-state index < -0.39 is 0 Å². The summed E-state index contributed by atoms with van der Waals surface area (Å²) in [6.07, 6.45) is 19.0. The molecule has 1 amide bonds. The lowest BCUT2D eigenvalue weighted by Crippen LogP contribution is -2.51. The third-order valence-corrected chi connectivity index (χ3v) is 6.29. The molecular weight excluding hydrogens is 358 g/mol. The van der Waals surface area contributed by atoms with Gasteiger partial charge in [0.15, 0.2) is 0 Å². The predicted molar refractivity (Wildman–Crippen MR) is 120 cm³/mol. The van der Waals surface area contributed by atoms with Crippen LogP contribution in [0.15, 0.2) is 54.6 Å². The quantitative estimate of drug-likeness (QED) is 0.293. The molecule has 2 bridgehead atoms. The number of ether oxygens (including phenoxy) is 1. The standard InChI is InChI=1S/C26H37NO2/c1-2-3-4-5-6-7-8-10-16-23-19-24-17-13-18-25(20-23)27(24)26(28)29-21-22-14-11-9-12-15-22/h2,9,11-12,14-15,19,24-25H,1,3-8,10,13,16-18,20-21H2. The van der Waals surface area contributed by atoms with Crippen LogP contribution in [0, 0.1) is 0 Å². The van der Waals surface area contributed by atoms with Crippen LogP contribution in [0.2, 0.25) is 0 Å². The first kappa shape index (κ1) is 21.7. The van der Waals surface area contributed by atoms with Gasteiger partial charge in [0, 0.05) is 6.04 Å². The first-order chi connectivity index (χ1) is 14.3. The van der Waals surface area contributed by atoms with Gasteiger partial charge >= 0.3 is 6.09 Å². The highest BCUT2D eigenvalue weighted by Crippen LogP contribution is 2.35. The zero-order chi connectivity index (χ0) is 20.3. The zero-order valence-corrected chi connectivity index (χ0v) is 17.9. The van der Waals surface area contributed by atoms with Crippen LogP contribution in [0.1, 0.15) is 82.6 Å². The molecule has 1 aromatic carbocycles. The number of carbonyl (C=O) groups excluding carboxylic acids is 1. The highest BCUT2D eigenvalue weighted by molar-refractivity contribution is 5.69. The monoisotopic (exact) mass is 395 g/mol. The second-order valence-electron chi connectivity index (χ2n) is 8.58. The van der Waals surface area contributed by atoms with E-state index >= 15 is 0 Å². The number of nitrogens with zero attached hydrogens (tertiary/aromatic N) is 1. The highest BCUT2D eigenvalue weighted by atomic mass is 16.6. The normalized spacial score (nSPS) is 20.8. The number of benzene rings is 1. The Labute approximate surface area is 176 Å². The number of unbranched alkanes of at least 4 members (excludes halogenated alkanes) is 6. The molecule has 2 aliphatic rings. The Morgan fingerprint density at radius 3 is 2.59 bits per heavy atom. The Morgan fingerprint density at radius 2 is 1.83 bits per heavy atom. The second kappa shape index (κ2) is 11.8. The van der Waals surface area contributed by atoms with Crippen LogP contribution < -0.4 is 0 Å². The molecule has 1 aromatic rings. The van der Waals surface area contributed by atoms with Gasteiger partial charge in [0.1, 0.15) is 6.61 Å². The molecule has 2 aliphatic heterocycles. The summed E-state index contributed by atoms with van der Waals surface area (Å²) in [6.45, 7) is 4.15. The molecule has 3 rings (SSSR count). The van der Waals surface area contributed by atoms with Crippen LogP contribution in [-0.2, 0) is 11.3 Å². The summed E-state index contributed by atoms with van der Waals surface area (Å²) >= 11 is 0. The number of hydrogen-bond donors (Lipinski definition) is 0. The van der Waals surface area contributed by atoms with Crippen molar-refractivity contribution in [2.24, 2.45) is 0 Å². The van der Waals surface area contributed by atoms with Crippen LogP contribution in [0.3, 0.4) is 0 Å². The Bertz CT molecular complexity index is 667. The first-order valence-electron chi connectivity index (χ1n) is 11.6. The van der Waals surface area contributed by atoms with Gasteiger partial charge in [0.05, 0.1) is 6.04 Å². The molecule has 3 nitrogen and oxygen atoms in total. The van der Waals surface area contributed by atoms with Crippen LogP contribution >= 0.6 is 0 Å². The van der Waals surface area contributed by atoms with Crippen molar-refractivity contribution < 1.29 is 9.53 Å². The van der Waals surface area contributed by atoms with Crippen molar-refractivity contribution in [2.75, 3.05) is 0 Å². The number of piperidine rings is 1. The lowest BCUT2D eigenvalue weighted by Gasteiger charge is -2.44. The molecular formula is C26H37NO2. The molecule has 0 N–H and O–H groups in total. The molecule has 2 heterocycles. The molecule has 0 spiro atoms. The van der Waals surface area contributed by atoms with E-state index in [9.17, 15) is 4.79 Å². The average Bonchev–Trinajstić information content (AvgIpc) is 2.74. The molecule has 0 aromatic heterocycles. The smallest absolute Gasteiger partial charge is 0.410 e. The third kappa shape index (κ3) is 6.76. The molecule has 1 saturated heterocycles. The minimum atomic E-state index is -0.140. The molecule has 0 aliphatic carbocycles. The van der Waals surface area contributed by atoms with E-state index in [1.165, 1.54) is 51.4 Å². The van der Waals surface area contributed by atoms with Crippen molar-refractivity contribution in [3.63, 3.8) is 0 Å². The number of fused-ring (bicyclic) bond motifs is 2. The fraction of sp³-hybridized carbons (Fsp3) is 0.577. The second-order valence-corrected chi connectivity index (χ2v) is 8.58. The molecule has 1 fully saturated rings. The van der Waals surface area contributed by atoms with Gasteiger partial charge in [0.25, 0.3) is 0 Å². The average molecular weight is 396 g/mol. The van der Waals surface area contributed by atoms with Crippen molar-refractivity contribution in [1.29, 1.82) is 0 Å². The van der Waals surface area contributed by atoms with Gasteiger partial charge in [-0.05, 0) is 56.9 Å². The largest absolute Gasteiger partial charge is 0.445 e. The maximum absolute atomic E-state index is 12.8. The maximum Gasteiger partial charge on any atom is 0.410 e. The van der Waals surface area contributed by atoms with Gasteiger partial charge in [-0.15, -0.1) is 6.58 Å². The third-order valence-electron chi connectivity index (χ3n) is 6.29. The van der Waals surface area contributed by atoms with Gasteiger partial charge in [-0.2, -0.15) is 0 Å². The fourth-order valence-electron chi connectivity index (χ4n) is 4.73. The summed E-state index contributed by atoms with van der Waals surface area (Å²) in [5.41, 5.74) is 2.61. The summed E-state index contributed by atoms with van der Waals surface area (Å²) in [4.78, 5) is 14.8. The molecule has 2 unspecified atom stereocenters. The van der Waals surface area contributed by atoms with Crippen molar-refractivity contribution in [3.05, 3.63) is 60.2 Å². The Balaban J connectivity index is 1.42. The number of amides is 1. The minimum Gasteiger partial charge on any atom is -0.445 e. The van der Waals surface area contributed by atoms with Crippen molar-refractivity contribution in [2.45, 2.75) is 95.7 Å². The Hall–Kier alpha value is -2.03. The Morgan fingerprint density at radius 1 is 1.07 bits per heavy atom. The summed E-state index contributed by atoms with van der Waals surface area (Å²) in [7, 11) is 0. The molecule has 3 heteroatoms. The lowest BCUT2D eigenvalue weighted by molar-refractivity contribution is 0.0479. The number of hydrogen-bond acceptors (Lipinski definition) is 2. The van der Waals surface area contributed by atoms with Gasteiger partial charge < -0.3 is 4.74 Å². The molecule has 29 heavy (non-hydrogen) atoms. The topological polar surface area (TPSA) is 29.5 Å². The van der Waals surface area contributed by atoms with Crippen molar-refractivity contribution in [1.82, 2.24) is 4.90 Å². The van der Waals surface area contributed by atoms with Gasteiger partial charge in [-0.1, -0.05) is 73.7 Å². The fourth-order valence-corrected chi connectivity index (χ4v) is 4.73. The van der Waals surface area contributed by atoms with Gasteiger partial charge in [-0.25, -0.2) is 4.79 Å². The maximum atomic E-state index is 12.8. The van der Waals surface area contributed by atoms with Crippen LogP contribution in [-0.4, -0.2) is 23.1 Å². The van der Waals surface area contributed by atoms with E-state index in [1.54, 1.807) is 5.57 Å². The minimum absolute atomic E-state index is 0.140. The zero-order valence-electron chi connectivity index (χ0n) is 17.9. The lowest BCUT2D eigenvalue weighted by atomic mass is 9.84. The van der Waals surface area contributed by atoms with E-state index in [1.807, 2.05) is 41.3 Å². The van der Waals surface area contributed by atoms with E-state index in [2.05, 4.69) is 12.7 Å². The SMILES string of the molecule is C=CCCCCCCCCC1=CC2CCCC(C1)N2C(=O)OCc1ccccc1. The van der Waals surface area contributed by atoms with Gasteiger partial charge in [0.2, 0.25) is 0 Å². The first-order valence-corrected chi connectivity index (χ1v) is 11.6. The molecule has 0 radical (unpaired) electrons. The van der Waals surface area contributed by atoms with Gasteiger partial charge in [-0.3, -0.25) is 4.90 Å². The number of carbonyl (C=O) groups is 1. The van der Waals surface area contributed by atoms with E-state index in [4.69, 9.17) is 4.74 Å². The van der Waals surface area contributed by atoms with Crippen LogP contribution in [0.4, 0.5) is 4.79 Å². The predicted octanol–water partition coefficient (Wildman–Crippen LogP) is 7.18. The van der Waals surface area contributed by atoms with E-state index in [-0.39, 0.29) is 12.1 Å². The van der Waals surface area contributed by atoms with E-state index in [0.29, 0.717) is 12.6 Å². The summed E-state index contributed by atoms with van der Waals surface area (Å²) in [5.74, 6) is 0. The van der Waals surface area contributed by atoms with Crippen molar-refractivity contribution in [3.8, 4) is 0 Å². The summed E-state index contributed by atoms with van der Waals surface area (Å²) in [5, 5.41) is 0. The number of allylic oxidation sites excluding steroid dienone is 1. The summed E-state index contributed by atoms with van der Waals surface area (Å²) in [6, 6.07) is 10.5. The number of rotatable bonds is 11. The molecule has 158 valence electrons. The summed E-state index contributed by atoms with van der Waals surface area (Å²) < 4.78 is 5.64. The molecule has 0 saturated carbocycles. The molecule has 2 atom stereocenters. The van der Waals surface area contributed by atoms with Crippen molar-refractivity contribution >= 4 is 6.09 Å². The highest BCUT2D eigenvalue weighted by Gasteiger charge is 2.37.